The summed E-state index contributed by atoms with van der Waals surface area (Å²) in [6.07, 6.45) is 6.82. The predicted octanol–water partition coefficient (Wildman–Crippen LogP) is 3.34. The van der Waals surface area contributed by atoms with E-state index in [1.807, 2.05) is 32.9 Å². The normalized spacial score (nSPS) is 34.6. The number of aliphatic hydroxyl groups is 3. The number of ether oxygens (including phenoxy) is 3. The number of cyclic esters (lactones) is 1. The average Bonchev–Trinajstić information content (AvgIpc) is 3.60. The zero-order valence-corrected chi connectivity index (χ0v) is 24.3. The summed E-state index contributed by atoms with van der Waals surface area (Å²) in [7, 11) is 0. The van der Waals surface area contributed by atoms with Crippen LogP contribution in [0.2, 0.25) is 0 Å². The van der Waals surface area contributed by atoms with Gasteiger partial charge in [-0.1, -0.05) is 45.1 Å². The lowest BCUT2D eigenvalue weighted by molar-refractivity contribution is -0.151. The van der Waals surface area contributed by atoms with E-state index in [9.17, 15) is 29.7 Å². The van der Waals surface area contributed by atoms with E-state index in [1.54, 1.807) is 32.1 Å². The lowest BCUT2D eigenvalue weighted by atomic mass is 9.89. The molecule has 9 nitrogen and oxygen atoms in total. The Bertz CT molecular complexity index is 961. The quantitative estimate of drug-likeness (QED) is 0.170. The van der Waals surface area contributed by atoms with Crippen LogP contribution < -0.4 is 0 Å². The Hall–Kier alpha value is -2.33. The molecule has 0 aliphatic carbocycles. The summed E-state index contributed by atoms with van der Waals surface area (Å²) in [5.41, 5.74) is -2.14. The molecular weight excluding hydrogens is 504 g/mol. The van der Waals surface area contributed by atoms with Crippen molar-refractivity contribution in [2.45, 2.75) is 122 Å². The van der Waals surface area contributed by atoms with E-state index < -0.39 is 53.7 Å². The van der Waals surface area contributed by atoms with Crippen LogP contribution in [0, 0.1) is 11.8 Å². The van der Waals surface area contributed by atoms with E-state index in [0.717, 1.165) is 0 Å². The number of ketones is 1. The summed E-state index contributed by atoms with van der Waals surface area (Å²) >= 11 is 0. The van der Waals surface area contributed by atoms with Gasteiger partial charge in [0.1, 0.15) is 23.9 Å². The number of carbonyl (C=O) groups is 3. The van der Waals surface area contributed by atoms with Gasteiger partial charge in [-0.2, -0.15) is 0 Å². The van der Waals surface area contributed by atoms with Gasteiger partial charge < -0.3 is 29.5 Å². The molecule has 9 heteroatoms. The predicted molar refractivity (Wildman–Crippen MR) is 145 cm³/mol. The van der Waals surface area contributed by atoms with Gasteiger partial charge in [0, 0.05) is 25.7 Å². The molecule has 0 aromatic carbocycles. The Morgan fingerprint density at radius 2 is 1.82 bits per heavy atom. The smallest absolute Gasteiger partial charge is 0.309 e. The van der Waals surface area contributed by atoms with Crippen LogP contribution in [0.1, 0.15) is 80.6 Å². The molecule has 0 aromatic heterocycles. The summed E-state index contributed by atoms with van der Waals surface area (Å²) in [6.45, 7) is 11.7. The Kier molecular flexibility index (Phi) is 11.7. The largest absolute Gasteiger partial charge is 0.458 e. The number of esters is 2. The van der Waals surface area contributed by atoms with Crippen LogP contribution >= 0.6 is 0 Å². The molecule has 9 atom stereocenters. The lowest BCUT2D eigenvalue weighted by Gasteiger charge is -2.27. The van der Waals surface area contributed by atoms with Crippen LogP contribution in [0.15, 0.2) is 36.0 Å². The molecule has 0 saturated carbocycles. The van der Waals surface area contributed by atoms with E-state index in [4.69, 9.17) is 14.2 Å². The third-order valence-corrected chi connectivity index (χ3v) is 7.46. The Balaban J connectivity index is 2.16. The minimum atomic E-state index is -1.59. The van der Waals surface area contributed by atoms with Crippen molar-refractivity contribution in [3.8, 4) is 0 Å². The summed E-state index contributed by atoms with van der Waals surface area (Å²) in [4.78, 5) is 36.2. The Labute approximate surface area is 231 Å². The lowest BCUT2D eigenvalue weighted by Crippen LogP contribution is -2.42. The van der Waals surface area contributed by atoms with Gasteiger partial charge in [-0.3, -0.25) is 14.4 Å². The summed E-state index contributed by atoms with van der Waals surface area (Å²) in [5.74, 6) is -1.51. The van der Waals surface area contributed by atoms with Crippen molar-refractivity contribution in [2.24, 2.45) is 11.8 Å². The highest BCUT2D eigenvalue weighted by molar-refractivity contribution is 5.87. The van der Waals surface area contributed by atoms with E-state index in [0.29, 0.717) is 18.4 Å². The fraction of sp³-hybridized carbons (Fsp3) is 0.700. The van der Waals surface area contributed by atoms with Crippen LogP contribution in [-0.4, -0.2) is 74.8 Å². The molecule has 2 heterocycles. The van der Waals surface area contributed by atoms with Crippen molar-refractivity contribution in [1.82, 2.24) is 0 Å². The second kappa shape index (κ2) is 13.8. The van der Waals surface area contributed by atoms with Gasteiger partial charge in [0.05, 0.1) is 24.2 Å². The first-order chi connectivity index (χ1) is 18.1. The molecule has 2 rings (SSSR count). The highest BCUT2D eigenvalue weighted by Gasteiger charge is 2.55. The zero-order chi connectivity index (χ0) is 29.5. The molecule has 3 N–H and O–H groups in total. The minimum absolute atomic E-state index is 0.0402. The first-order valence-corrected chi connectivity index (χ1v) is 13.8. The van der Waals surface area contributed by atoms with Gasteiger partial charge in [-0.15, -0.1) is 0 Å². The van der Waals surface area contributed by atoms with Crippen molar-refractivity contribution >= 4 is 17.7 Å². The van der Waals surface area contributed by atoms with Crippen molar-refractivity contribution in [3.05, 3.63) is 36.0 Å². The van der Waals surface area contributed by atoms with E-state index in [2.05, 4.69) is 0 Å². The van der Waals surface area contributed by atoms with Gasteiger partial charge in [0.2, 0.25) is 0 Å². The molecule has 0 bridgehead atoms. The second-order valence-corrected chi connectivity index (χ2v) is 11.5. The summed E-state index contributed by atoms with van der Waals surface area (Å²) in [5, 5.41) is 31.7. The molecular formula is C30H46O9. The first kappa shape index (κ1) is 32.9. The number of hydrogen-bond donors (Lipinski definition) is 3. The highest BCUT2D eigenvalue weighted by Crippen LogP contribution is 2.38. The number of aliphatic hydroxyl groups excluding tert-OH is 1. The molecule has 2 aliphatic rings. The summed E-state index contributed by atoms with van der Waals surface area (Å²) in [6, 6.07) is 0. The van der Waals surface area contributed by atoms with Crippen LogP contribution in [0.4, 0.5) is 0 Å². The van der Waals surface area contributed by atoms with Crippen molar-refractivity contribution in [2.75, 3.05) is 0 Å². The molecule has 1 fully saturated rings. The van der Waals surface area contributed by atoms with Gasteiger partial charge in [-0.25, -0.2) is 0 Å². The third kappa shape index (κ3) is 9.98. The second-order valence-electron chi connectivity index (χ2n) is 11.5. The Morgan fingerprint density at radius 3 is 2.44 bits per heavy atom. The Morgan fingerprint density at radius 1 is 1.15 bits per heavy atom. The molecule has 2 aliphatic heterocycles. The maximum absolute atomic E-state index is 12.6. The molecule has 220 valence electrons. The van der Waals surface area contributed by atoms with E-state index >= 15 is 0 Å². The molecule has 0 amide bonds. The SMILES string of the molecule is CCC(=O)C(C)(O)C1OC1CC(C)(O)/C=C/C=C(\C)C1OC(=O)CC(O)CCC(C)C(OC(C)=O)/C=C/C1C. The highest BCUT2D eigenvalue weighted by atomic mass is 16.6. The van der Waals surface area contributed by atoms with Crippen LogP contribution in [0.3, 0.4) is 0 Å². The zero-order valence-electron chi connectivity index (χ0n) is 24.3. The van der Waals surface area contributed by atoms with Gasteiger partial charge >= 0.3 is 11.9 Å². The standard InChI is InChI=1S/C30H46O9/c1-8-25(33)30(7,36)28-24(38-28)17-29(6,35)15-9-10-19(3)27-20(4)12-14-23(37-21(5)31)18(2)11-13-22(32)16-26(34)39-27/h9-10,12,14-15,18,20,22-24,27-28,32,35-36H,8,11,13,16-17H2,1-7H3/b14-12+,15-9+,19-10+. The van der Waals surface area contributed by atoms with Gasteiger partial charge in [0.15, 0.2) is 5.78 Å². The molecule has 0 spiro atoms. The monoisotopic (exact) mass is 550 g/mol. The number of allylic oxidation sites excluding steroid dienone is 2. The number of epoxide rings is 1. The van der Waals surface area contributed by atoms with Crippen molar-refractivity contribution < 1.29 is 43.9 Å². The third-order valence-electron chi connectivity index (χ3n) is 7.46. The summed E-state index contributed by atoms with van der Waals surface area (Å²) < 4.78 is 16.7. The van der Waals surface area contributed by atoms with Crippen LogP contribution in [-0.2, 0) is 28.6 Å². The average molecular weight is 551 g/mol. The molecule has 0 aromatic rings. The molecule has 1 saturated heterocycles. The first-order valence-electron chi connectivity index (χ1n) is 13.8. The van der Waals surface area contributed by atoms with Gasteiger partial charge in [0.25, 0.3) is 0 Å². The van der Waals surface area contributed by atoms with Crippen LogP contribution in [0.5, 0.6) is 0 Å². The minimum Gasteiger partial charge on any atom is -0.458 e. The fourth-order valence-corrected chi connectivity index (χ4v) is 4.93. The topological polar surface area (TPSA) is 143 Å². The maximum Gasteiger partial charge on any atom is 0.309 e. The van der Waals surface area contributed by atoms with Gasteiger partial charge in [-0.05, 0) is 51.2 Å². The maximum atomic E-state index is 12.6. The molecule has 39 heavy (non-hydrogen) atoms. The number of rotatable bonds is 9. The number of Topliss-reactive ketones (excluding diaryl/α,β-unsaturated/α-hetero) is 1. The number of hydrogen-bond acceptors (Lipinski definition) is 9. The van der Waals surface area contributed by atoms with Crippen molar-refractivity contribution in [3.63, 3.8) is 0 Å². The molecule has 9 unspecified atom stereocenters. The molecule has 0 radical (unpaired) electrons. The fourth-order valence-electron chi connectivity index (χ4n) is 4.93. The van der Waals surface area contributed by atoms with E-state index in [1.165, 1.54) is 13.8 Å². The number of carbonyl (C=O) groups excluding carboxylic acids is 3. The van der Waals surface area contributed by atoms with Crippen LogP contribution in [0.25, 0.3) is 0 Å². The van der Waals surface area contributed by atoms with E-state index in [-0.39, 0.29) is 36.9 Å². The van der Waals surface area contributed by atoms with Crippen molar-refractivity contribution in [1.29, 1.82) is 0 Å².